The molecule has 3 fully saturated rings. The van der Waals surface area contributed by atoms with E-state index in [4.69, 9.17) is 4.74 Å². The Morgan fingerprint density at radius 2 is 1.81 bits per heavy atom. The number of carbonyl (C=O) groups is 2. The van der Waals surface area contributed by atoms with Crippen molar-refractivity contribution in [3.8, 4) is 0 Å². The first-order valence-corrected chi connectivity index (χ1v) is 10.0. The topological polar surface area (TPSA) is 83.8 Å². The van der Waals surface area contributed by atoms with Crippen molar-refractivity contribution in [3.05, 3.63) is 11.3 Å². The standard InChI is InChI=1S/C21H30O5/c1-11(22)26-19-15(23)7-9-21(3)14-6-8-20(2)13(4-5-17(20)25)12(14)10-16(24)18(19)21/h12-15,17,23,25H,4-10H2,1-3H3/t12-,13-,14-,15-,17-,20-,21+/m0/s1. The summed E-state index contributed by atoms with van der Waals surface area (Å²) >= 11 is 0. The molecular formula is C21H30O5. The fraction of sp³-hybridized carbons (Fsp3) is 0.810. The van der Waals surface area contributed by atoms with Gasteiger partial charge in [0.15, 0.2) is 5.78 Å². The van der Waals surface area contributed by atoms with E-state index in [1.807, 2.05) is 0 Å². The maximum absolute atomic E-state index is 13.2. The second-order valence-corrected chi connectivity index (χ2v) is 9.45. The number of rotatable bonds is 1. The number of aliphatic hydroxyl groups is 2. The molecule has 4 rings (SSSR count). The van der Waals surface area contributed by atoms with E-state index in [1.165, 1.54) is 6.92 Å². The minimum atomic E-state index is -0.871. The van der Waals surface area contributed by atoms with Gasteiger partial charge in [-0.3, -0.25) is 9.59 Å². The molecule has 3 saturated carbocycles. The quantitative estimate of drug-likeness (QED) is 0.701. The first-order valence-electron chi connectivity index (χ1n) is 10.0. The Kier molecular flexibility index (Phi) is 4.12. The van der Waals surface area contributed by atoms with Gasteiger partial charge in [-0.05, 0) is 61.7 Å². The van der Waals surface area contributed by atoms with Gasteiger partial charge in [0.25, 0.3) is 0 Å². The van der Waals surface area contributed by atoms with Crippen LogP contribution in [0.15, 0.2) is 11.3 Å². The van der Waals surface area contributed by atoms with Crippen LogP contribution in [0.2, 0.25) is 0 Å². The molecule has 26 heavy (non-hydrogen) atoms. The normalized spacial score (nSPS) is 47.9. The van der Waals surface area contributed by atoms with Crippen molar-refractivity contribution < 1.29 is 24.5 Å². The van der Waals surface area contributed by atoms with Crippen LogP contribution in [0.5, 0.6) is 0 Å². The van der Waals surface area contributed by atoms with Crippen LogP contribution in [0.3, 0.4) is 0 Å². The lowest BCUT2D eigenvalue weighted by atomic mass is 9.47. The van der Waals surface area contributed by atoms with Crippen LogP contribution in [0.1, 0.15) is 65.7 Å². The Morgan fingerprint density at radius 1 is 1.08 bits per heavy atom. The van der Waals surface area contributed by atoms with Crippen molar-refractivity contribution >= 4 is 11.8 Å². The molecule has 0 aromatic heterocycles. The van der Waals surface area contributed by atoms with E-state index in [2.05, 4.69) is 13.8 Å². The fourth-order valence-corrected chi connectivity index (χ4v) is 6.89. The first kappa shape index (κ1) is 18.2. The minimum Gasteiger partial charge on any atom is -0.428 e. The van der Waals surface area contributed by atoms with Crippen molar-refractivity contribution in [3.63, 3.8) is 0 Å². The van der Waals surface area contributed by atoms with Gasteiger partial charge >= 0.3 is 5.97 Å². The van der Waals surface area contributed by atoms with E-state index in [0.29, 0.717) is 30.3 Å². The molecule has 144 valence electrons. The summed E-state index contributed by atoms with van der Waals surface area (Å²) < 4.78 is 5.34. The number of allylic oxidation sites excluding steroid dienone is 1. The number of ether oxygens (including phenoxy) is 1. The Labute approximate surface area is 154 Å². The monoisotopic (exact) mass is 362 g/mol. The molecule has 0 radical (unpaired) electrons. The number of carbonyl (C=O) groups excluding carboxylic acids is 2. The van der Waals surface area contributed by atoms with Gasteiger partial charge < -0.3 is 14.9 Å². The van der Waals surface area contributed by atoms with Crippen molar-refractivity contribution in [2.24, 2.45) is 28.6 Å². The van der Waals surface area contributed by atoms with E-state index in [1.54, 1.807) is 0 Å². The van der Waals surface area contributed by atoms with Gasteiger partial charge in [-0.25, -0.2) is 0 Å². The molecule has 0 spiro atoms. The van der Waals surface area contributed by atoms with E-state index >= 15 is 0 Å². The molecule has 5 nitrogen and oxygen atoms in total. The Bertz CT molecular complexity index is 682. The second-order valence-electron chi connectivity index (χ2n) is 9.45. The molecular weight excluding hydrogens is 332 g/mol. The first-order chi connectivity index (χ1) is 12.2. The molecule has 0 aromatic carbocycles. The summed E-state index contributed by atoms with van der Waals surface area (Å²) in [6.07, 6.45) is 4.34. The minimum absolute atomic E-state index is 0.0226. The summed E-state index contributed by atoms with van der Waals surface area (Å²) in [4.78, 5) is 24.7. The largest absolute Gasteiger partial charge is 0.428 e. The number of ketones is 1. The van der Waals surface area contributed by atoms with E-state index < -0.39 is 12.1 Å². The van der Waals surface area contributed by atoms with Crippen LogP contribution in [-0.4, -0.2) is 34.2 Å². The highest BCUT2D eigenvalue weighted by molar-refractivity contribution is 5.99. The van der Waals surface area contributed by atoms with Crippen molar-refractivity contribution in [1.29, 1.82) is 0 Å². The molecule has 7 atom stereocenters. The van der Waals surface area contributed by atoms with E-state index in [0.717, 1.165) is 32.1 Å². The zero-order chi connectivity index (χ0) is 18.9. The molecule has 0 saturated heterocycles. The third-order valence-electron chi connectivity index (χ3n) is 8.22. The van der Waals surface area contributed by atoms with Gasteiger partial charge in [0, 0.05) is 24.3 Å². The number of hydrogen-bond donors (Lipinski definition) is 2. The zero-order valence-corrected chi connectivity index (χ0v) is 16.0. The highest BCUT2D eigenvalue weighted by Crippen LogP contribution is 2.65. The molecule has 0 amide bonds. The molecule has 0 aliphatic heterocycles. The van der Waals surface area contributed by atoms with Gasteiger partial charge in [-0.1, -0.05) is 13.8 Å². The van der Waals surface area contributed by atoms with Crippen LogP contribution in [0.4, 0.5) is 0 Å². The maximum atomic E-state index is 13.2. The summed E-state index contributed by atoms with van der Waals surface area (Å²) in [6.45, 7) is 5.63. The summed E-state index contributed by atoms with van der Waals surface area (Å²) in [6, 6.07) is 0. The molecule has 2 N–H and O–H groups in total. The summed E-state index contributed by atoms with van der Waals surface area (Å²) in [5.41, 5.74) is 0.139. The smallest absolute Gasteiger partial charge is 0.307 e. The summed E-state index contributed by atoms with van der Waals surface area (Å²) in [5.74, 6) is 0.741. The lowest BCUT2D eigenvalue weighted by Gasteiger charge is -2.57. The average molecular weight is 362 g/mol. The number of fused-ring (bicyclic) bond motifs is 5. The maximum Gasteiger partial charge on any atom is 0.307 e. The van der Waals surface area contributed by atoms with Gasteiger partial charge in [-0.2, -0.15) is 0 Å². The highest BCUT2D eigenvalue weighted by Gasteiger charge is 2.61. The van der Waals surface area contributed by atoms with Crippen LogP contribution >= 0.6 is 0 Å². The molecule has 5 heteroatoms. The van der Waals surface area contributed by atoms with Crippen LogP contribution in [0.25, 0.3) is 0 Å². The third kappa shape index (κ3) is 2.36. The number of hydrogen-bond acceptors (Lipinski definition) is 5. The Hall–Kier alpha value is -1.20. The predicted octanol–water partition coefficient (Wildman–Crippen LogP) is 2.74. The SMILES string of the molecule is CC(=O)OC1=C2C(=O)C[C@H]3[C@@H]4CC[C@H](O)[C@@]4(C)CC[C@@H]3[C@@]2(C)CC[C@@H]1O. The van der Waals surface area contributed by atoms with Crippen molar-refractivity contribution in [2.75, 3.05) is 0 Å². The molecule has 0 heterocycles. The van der Waals surface area contributed by atoms with Gasteiger partial charge in [-0.15, -0.1) is 0 Å². The number of aliphatic hydroxyl groups excluding tert-OH is 2. The van der Waals surface area contributed by atoms with Gasteiger partial charge in [0.05, 0.1) is 6.10 Å². The lowest BCUT2D eigenvalue weighted by molar-refractivity contribution is -0.142. The van der Waals surface area contributed by atoms with E-state index in [9.17, 15) is 19.8 Å². The van der Waals surface area contributed by atoms with Gasteiger partial charge in [0.1, 0.15) is 11.9 Å². The van der Waals surface area contributed by atoms with Crippen LogP contribution in [-0.2, 0) is 14.3 Å². The average Bonchev–Trinajstić information content (AvgIpc) is 2.86. The summed E-state index contributed by atoms with van der Waals surface area (Å²) in [7, 11) is 0. The molecule has 0 aromatic rings. The molecule has 4 aliphatic rings. The molecule has 0 bridgehead atoms. The third-order valence-corrected chi connectivity index (χ3v) is 8.22. The number of Topliss-reactive ketones (excluding diaryl/α,β-unsaturated/α-hetero) is 1. The van der Waals surface area contributed by atoms with Crippen LogP contribution < -0.4 is 0 Å². The Morgan fingerprint density at radius 3 is 2.50 bits per heavy atom. The predicted molar refractivity (Wildman–Crippen MR) is 94.8 cm³/mol. The van der Waals surface area contributed by atoms with Gasteiger partial charge in [0.2, 0.25) is 0 Å². The zero-order valence-electron chi connectivity index (χ0n) is 16.0. The lowest BCUT2D eigenvalue weighted by Crippen LogP contribution is -2.54. The van der Waals surface area contributed by atoms with Crippen LogP contribution in [0, 0.1) is 28.6 Å². The second kappa shape index (κ2) is 5.90. The highest BCUT2D eigenvalue weighted by atomic mass is 16.5. The van der Waals surface area contributed by atoms with Crippen molar-refractivity contribution in [1.82, 2.24) is 0 Å². The molecule has 0 unspecified atom stereocenters. The molecule has 4 aliphatic carbocycles. The fourth-order valence-electron chi connectivity index (χ4n) is 6.89. The number of esters is 1. The van der Waals surface area contributed by atoms with E-state index in [-0.39, 0.29) is 34.4 Å². The Balaban J connectivity index is 1.77. The van der Waals surface area contributed by atoms with Crippen molar-refractivity contribution in [2.45, 2.75) is 77.9 Å². The summed E-state index contributed by atoms with van der Waals surface area (Å²) in [5, 5.41) is 20.9.